The van der Waals surface area contributed by atoms with E-state index in [9.17, 15) is 4.79 Å². The molecule has 2 atom stereocenters. The summed E-state index contributed by atoms with van der Waals surface area (Å²) in [6.45, 7) is 8.59. The molecule has 2 saturated heterocycles. The predicted octanol–water partition coefficient (Wildman–Crippen LogP) is 1.97. The zero-order chi connectivity index (χ0) is 19.5. The molecule has 7 heteroatoms. The Bertz CT molecular complexity index is 813. The van der Waals surface area contributed by atoms with E-state index in [1.807, 2.05) is 29.3 Å². The van der Waals surface area contributed by atoms with Crippen LogP contribution in [0.25, 0.3) is 0 Å². The van der Waals surface area contributed by atoms with Gasteiger partial charge in [0.05, 0.1) is 24.9 Å². The Morgan fingerprint density at radius 1 is 1.14 bits per heavy atom. The minimum Gasteiger partial charge on any atom is -0.379 e. The molecule has 0 radical (unpaired) electrons. The van der Waals surface area contributed by atoms with Crippen LogP contribution in [-0.4, -0.2) is 69.5 Å². The molecule has 0 aliphatic carbocycles. The lowest BCUT2D eigenvalue weighted by Gasteiger charge is -2.31. The maximum absolute atomic E-state index is 13.0. The van der Waals surface area contributed by atoms with Gasteiger partial charge in [0.15, 0.2) is 0 Å². The van der Waals surface area contributed by atoms with Gasteiger partial charge in [0.25, 0.3) is 5.91 Å². The van der Waals surface area contributed by atoms with E-state index < -0.39 is 0 Å². The Morgan fingerprint density at radius 3 is 2.82 bits per heavy atom. The molecule has 0 saturated carbocycles. The average Bonchev–Trinajstić information content (AvgIpc) is 2.99. The quantitative estimate of drug-likeness (QED) is 0.806. The normalized spacial score (nSPS) is 22.9. The van der Waals surface area contributed by atoms with E-state index in [2.05, 4.69) is 28.7 Å². The molecule has 4 heterocycles. The summed E-state index contributed by atoms with van der Waals surface area (Å²) in [6, 6.07) is 7.47. The molecule has 0 N–H and O–H groups in total. The van der Waals surface area contributed by atoms with Gasteiger partial charge in [-0.05, 0) is 18.2 Å². The standard InChI is InChI=1S/C21H27N5O2/c1-15(2)20-23-8-6-17(24-20)11-25-9-16-10-26(18(12-25)14-28-13-16)21(27)19-5-3-4-7-22-19/h3-8,15-16,18H,9-14H2,1-2H3/t16-,18-/m0/s1. The molecule has 1 amide bonds. The third-order valence-corrected chi connectivity index (χ3v) is 5.32. The lowest BCUT2D eigenvalue weighted by molar-refractivity contribution is 0.0419. The topological polar surface area (TPSA) is 71.5 Å². The van der Waals surface area contributed by atoms with Gasteiger partial charge in [0.1, 0.15) is 11.5 Å². The van der Waals surface area contributed by atoms with E-state index in [0.717, 1.165) is 31.2 Å². The van der Waals surface area contributed by atoms with Crippen molar-refractivity contribution in [2.24, 2.45) is 5.92 Å². The number of ether oxygens (including phenoxy) is 1. The molecule has 2 aromatic heterocycles. The SMILES string of the molecule is CC(C)c1nccc(CN2C[C@@H]3COC[C@H](C2)N(C(=O)c2ccccn2)C3)n1. The predicted molar refractivity (Wildman–Crippen MR) is 105 cm³/mol. The summed E-state index contributed by atoms with van der Waals surface area (Å²) in [5, 5.41) is 0. The molecule has 0 spiro atoms. The minimum atomic E-state index is -0.00733. The van der Waals surface area contributed by atoms with Crippen molar-refractivity contribution < 1.29 is 9.53 Å². The highest BCUT2D eigenvalue weighted by Gasteiger charge is 2.36. The molecule has 2 aliphatic heterocycles. The monoisotopic (exact) mass is 381 g/mol. The number of hydrogen-bond acceptors (Lipinski definition) is 6. The summed E-state index contributed by atoms with van der Waals surface area (Å²) in [5.41, 5.74) is 1.53. The van der Waals surface area contributed by atoms with Crippen LogP contribution in [0.3, 0.4) is 0 Å². The third kappa shape index (κ3) is 4.20. The van der Waals surface area contributed by atoms with Crippen molar-refractivity contribution in [1.82, 2.24) is 24.8 Å². The van der Waals surface area contributed by atoms with E-state index >= 15 is 0 Å². The fourth-order valence-electron chi connectivity index (χ4n) is 3.96. The van der Waals surface area contributed by atoms with Crippen molar-refractivity contribution in [3.63, 3.8) is 0 Å². The molecule has 2 aliphatic rings. The largest absolute Gasteiger partial charge is 0.379 e. The van der Waals surface area contributed by atoms with Gasteiger partial charge in [-0.2, -0.15) is 0 Å². The van der Waals surface area contributed by atoms with Gasteiger partial charge in [0, 0.05) is 50.4 Å². The van der Waals surface area contributed by atoms with Crippen LogP contribution < -0.4 is 0 Å². The van der Waals surface area contributed by atoms with Crippen LogP contribution in [0.15, 0.2) is 36.7 Å². The van der Waals surface area contributed by atoms with E-state index in [4.69, 9.17) is 9.72 Å². The van der Waals surface area contributed by atoms with Crippen LogP contribution in [-0.2, 0) is 11.3 Å². The van der Waals surface area contributed by atoms with E-state index in [0.29, 0.717) is 31.4 Å². The average molecular weight is 381 g/mol. The Hall–Kier alpha value is -2.38. The molecule has 0 aromatic carbocycles. The van der Waals surface area contributed by atoms with Crippen molar-refractivity contribution in [3.8, 4) is 0 Å². The van der Waals surface area contributed by atoms with Crippen LogP contribution in [0.2, 0.25) is 0 Å². The maximum atomic E-state index is 13.0. The van der Waals surface area contributed by atoms with Crippen molar-refractivity contribution in [3.05, 3.63) is 53.9 Å². The fourth-order valence-corrected chi connectivity index (χ4v) is 3.96. The molecule has 7 nitrogen and oxygen atoms in total. The van der Waals surface area contributed by atoms with Gasteiger partial charge in [-0.15, -0.1) is 0 Å². The van der Waals surface area contributed by atoms with E-state index in [1.54, 1.807) is 12.3 Å². The first-order valence-corrected chi connectivity index (χ1v) is 9.94. The van der Waals surface area contributed by atoms with E-state index in [-0.39, 0.29) is 17.9 Å². The zero-order valence-electron chi connectivity index (χ0n) is 16.5. The van der Waals surface area contributed by atoms with E-state index in [1.165, 1.54) is 0 Å². The molecule has 2 bridgehead atoms. The summed E-state index contributed by atoms with van der Waals surface area (Å²) >= 11 is 0. The van der Waals surface area contributed by atoms with Gasteiger partial charge in [0.2, 0.25) is 0 Å². The number of pyridine rings is 1. The Labute approximate surface area is 165 Å². The number of rotatable bonds is 4. The highest BCUT2D eigenvalue weighted by molar-refractivity contribution is 5.92. The number of carbonyl (C=O) groups is 1. The number of hydrogen-bond donors (Lipinski definition) is 0. The van der Waals surface area contributed by atoms with Crippen LogP contribution in [0.4, 0.5) is 0 Å². The first-order chi connectivity index (χ1) is 13.6. The number of aromatic nitrogens is 3. The van der Waals surface area contributed by atoms with Gasteiger partial charge >= 0.3 is 0 Å². The van der Waals surface area contributed by atoms with Gasteiger partial charge in [-0.3, -0.25) is 14.7 Å². The molecule has 28 heavy (non-hydrogen) atoms. The third-order valence-electron chi connectivity index (χ3n) is 5.32. The first kappa shape index (κ1) is 19.0. The van der Waals surface area contributed by atoms with Crippen LogP contribution in [0.5, 0.6) is 0 Å². The van der Waals surface area contributed by atoms with Crippen LogP contribution in [0.1, 0.15) is 41.8 Å². The van der Waals surface area contributed by atoms with Crippen molar-refractivity contribution in [2.75, 3.05) is 32.8 Å². The highest BCUT2D eigenvalue weighted by atomic mass is 16.5. The highest BCUT2D eigenvalue weighted by Crippen LogP contribution is 2.22. The number of amides is 1. The molecule has 0 unspecified atom stereocenters. The number of nitrogens with zero attached hydrogens (tertiary/aromatic N) is 5. The van der Waals surface area contributed by atoms with Gasteiger partial charge in [-0.25, -0.2) is 9.97 Å². The molecule has 148 valence electrons. The van der Waals surface area contributed by atoms with Crippen molar-refractivity contribution in [2.45, 2.75) is 32.4 Å². The number of carbonyl (C=O) groups excluding carboxylic acids is 1. The smallest absolute Gasteiger partial charge is 0.272 e. The minimum absolute atomic E-state index is 0.00733. The summed E-state index contributed by atoms with van der Waals surface area (Å²) in [7, 11) is 0. The van der Waals surface area contributed by atoms with Crippen molar-refractivity contribution >= 4 is 5.91 Å². The second kappa shape index (κ2) is 8.32. The first-order valence-electron chi connectivity index (χ1n) is 9.94. The fraction of sp³-hybridized carbons (Fsp3) is 0.524. The number of fused-ring (bicyclic) bond motifs is 3. The Balaban J connectivity index is 1.51. The Kier molecular flexibility index (Phi) is 5.64. The lowest BCUT2D eigenvalue weighted by atomic mass is 10.1. The zero-order valence-corrected chi connectivity index (χ0v) is 16.5. The molecular formula is C21H27N5O2. The summed E-state index contributed by atoms with van der Waals surface area (Å²) in [4.78, 5) is 30.7. The van der Waals surface area contributed by atoms with Crippen LogP contribution in [0, 0.1) is 5.92 Å². The van der Waals surface area contributed by atoms with Gasteiger partial charge in [-0.1, -0.05) is 19.9 Å². The maximum Gasteiger partial charge on any atom is 0.272 e. The molecule has 2 aromatic rings. The van der Waals surface area contributed by atoms with Crippen molar-refractivity contribution in [1.29, 1.82) is 0 Å². The molecule has 4 rings (SSSR count). The second-order valence-corrected chi connectivity index (χ2v) is 7.98. The second-order valence-electron chi connectivity index (χ2n) is 7.98. The molecule has 2 fully saturated rings. The Morgan fingerprint density at radius 2 is 2.04 bits per heavy atom. The molecular weight excluding hydrogens is 354 g/mol. The van der Waals surface area contributed by atoms with Gasteiger partial charge < -0.3 is 9.64 Å². The summed E-state index contributed by atoms with van der Waals surface area (Å²) in [5.74, 6) is 1.46. The summed E-state index contributed by atoms with van der Waals surface area (Å²) < 4.78 is 5.86. The van der Waals surface area contributed by atoms with Crippen LogP contribution >= 0.6 is 0 Å². The summed E-state index contributed by atoms with van der Waals surface area (Å²) in [6.07, 6.45) is 3.51. The lowest BCUT2D eigenvalue weighted by Crippen LogP contribution is -2.46.